The number of nitrogen functional groups attached to an aromatic ring is 1. The topological polar surface area (TPSA) is 107 Å². The highest BCUT2D eigenvalue weighted by Crippen LogP contribution is 2.36. The molecular weight excluding hydrogens is 402 g/mol. The third-order valence-corrected chi connectivity index (χ3v) is 6.63. The van der Waals surface area contributed by atoms with Crippen molar-refractivity contribution < 1.29 is 9.53 Å². The number of carbonyl (C=O) groups excluding carboxylic acids is 1. The van der Waals surface area contributed by atoms with E-state index in [0.717, 1.165) is 27.2 Å². The van der Waals surface area contributed by atoms with Crippen molar-refractivity contribution in [2.24, 2.45) is 0 Å². The van der Waals surface area contributed by atoms with Crippen LogP contribution in [-0.4, -0.2) is 27.3 Å². The number of rotatable bonds is 7. The molecule has 7 nitrogen and oxygen atoms in total. The Morgan fingerprint density at radius 1 is 1.44 bits per heavy atom. The summed E-state index contributed by atoms with van der Waals surface area (Å²) in [4.78, 5) is 13.6. The Kier molecular flexibility index (Phi) is 6.15. The number of thiophene rings is 2. The van der Waals surface area contributed by atoms with E-state index in [0.29, 0.717) is 33.3 Å². The monoisotopic (exact) mass is 419 g/mol. The van der Waals surface area contributed by atoms with Crippen LogP contribution in [0.4, 0.5) is 5.00 Å². The van der Waals surface area contributed by atoms with Gasteiger partial charge in [0.1, 0.15) is 15.9 Å². The number of hydrogen-bond acceptors (Lipinski definition) is 9. The van der Waals surface area contributed by atoms with Crippen LogP contribution in [0.25, 0.3) is 10.7 Å². The zero-order valence-corrected chi connectivity index (χ0v) is 17.2. The van der Waals surface area contributed by atoms with E-state index >= 15 is 0 Å². The fourth-order valence-electron chi connectivity index (χ4n) is 2.51. The van der Waals surface area contributed by atoms with E-state index in [1.807, 2.05) is 29.0 Å². The van der Waals surface area contributed by atoms with Crippen LogP contribution in [0.5, 0.6) is 0 Å². The maximum atomic E-state index is 12.2. The molecule has 3 heterocycles. The standard InChI is InChI=1S/C17H17N5O2S3/c1-3-22-15(12-6-5-7-25-12)20-21-17(22)26-9-11-10(8-18)14(19)27-13(11)16(23)24-4-2/h5-7H,3-4,9,19H2,1-2H3. The molecule has 0 aliphatic rings. The minimum atomic E-state index is -0.456. The SMILES string of the molecule is CCOC(=O)c1sc(N)c(C#N)c1CSc1nnc(-c2cccs2)n1CC. The zero-order chi connectivity index (χ0) is 19.4. The Morgan fingerprint density at radius 3 is 2.89 bits per heavy atom. The lowest BCUT2D eigenvalue weighted by Gasteiger charge is -2.07. The lowest BCUT2D eigenvalue weighted by Crippen LogP contribution is -2.05. The fraction of sp³-hybridized carbons (Fsp3) is 0.294. The molecule has 0 aliphatic heterocycles. The highest BCUT2D eigenvalue weighted by molar-refractivity contribution is 7.98. The van der Waals surface area contributed by atoms with Gasteiger partial charge in [0.05, 0.1) is 17.0 Å². The molecule has 27 heavy (non-hydrogen) atoms. The molecule has 0 bridgehead atoms. The van der Waals surface area contributed by atoms with Crippen molar-refractivity contribution in [2.75, 3.05) is 12.3 Å². The van der Waals surface area contributed by atoms with E-state index in [4.69, 9.17) is 10.5 Å². The molecule has 0 amide bonds. The first-order chi connectivity index (χ1) is 13.1. The predicted octanol–water partition coefficient (Wildman–Crippen LogP) is 4.01. The first kappa shape index (κ1) is 19.4. The second kappa shape index (κ2) is 8.56. The van der Waals surface area contributed by atoms with Crippen LogP contribution in [0, 0.1) is 11.3 Å². The Hall–Kier alpha value is -2.35. The molecule has 0 unspecified atom stereocenters. The molecule has 0 saturated carbocycles. The second-order valence-corrected chi connectivity index (χ2v) is 8.24. The molecule has 0 atom stereocenters. The van der Waals surface area contributed by atoms with Gasteiger partial charge in [-0.2, -0.15) is 5.26 Å². The third-order valence-electron chi connectivity index (χ3n) is 3.73. The van der Waals surface area contributed by atoms with Crippen molar-refractivity contribution in [2.45, 2.75) is 31.3 Å². The highest BCUT2D eigenvalue weighted by Gasteiger charge is 2.24. The minimum Gasteiger partial charge on any atom is -0.462 e. The van der Waals surface area contributed by atoms with Crippen molar-refractivity contribution in [3.8, 4) is 16.8 Å². The number of anilines is 1. The lowest BCUT2D eigenvalue weighted by atomic mass is 10.2. The van der Waals surface area contributed by atoms with Gasteiger partial charge in [0.25, 0.3) is 0 Å². The molecule has 0 aliphatic carbocycles. The minimum absolute atomic E-state index is 0.263. The Morgan fingerprint density at radius 2 is 2.26 bits per heavy atom. The molecule has 3 rings (SSSR count). The summed E-state index contributed by atoms with van der Waals surface area (Å²) in [6, 6.07) is 6.07. The van der Waals surface area contributed by atoms with Gasteiger partial charge in [0, 0.05) is 17.9 Å². The summed E-state index contributed by atoms with van der Waals surface area (Å²) in [5.41, 5.74) is 6.85. The summed E-state index contributed by atoms with van der Waals surface area (Å²) < 4.78 is 7.11. The normalized spacial score (nSPS) is 10.7. The van der Waals surface area contributed by atoms with E-state index in [-0.39, 0.29) is 6.61 Å². The van der Waals surface area contributed by atoms with E-state index < -0.39 is 5.97 Å². The van der Waals surface area contributed by atoms with Crippen LogP contribution in [0.2, 0.25) is 0 Å². The van der Waals surface area contributed by atoms with Crippen molar-refractivity contribution in [3.63, 3.8) is 0 Å². The lowest BCUT2D eigenvalue weighted by molar-refractivity contribution is 0.0531. The zero-order valence-electron chi connectivity index (χ0n) is 14.8. The van der Waals surface area contributed by atoms with E-state index in [1.165, 1.54) is 11.8 Å². The van der Waals surface area contributed by atoms with Gasteiger partial charge in [-0.05, 0) is 25.3 Å². The molecule has 2 N–H and O–H groups in total. The molecule has 0 saturated heterocycles. The number of hydrogen-bond donors (Lipinski definition) is 1. The van der Waals surface area contributed by atoms with Gasteiger partial charge in [-0.15, -0.1) is 32.9 Å². The Bertz CT molecular complexity index is 985. The molecule has 0 fully saturated rings. The molecule has 140 valence electrons. The Labute approximate surface area is 168 Å². The number of esters is 1. The number of nitriles is 1. The number of aromatic nitrogens is 3. The summed E-state index contributed by atoms with van der Waals surface area (Å²) in [6.45, 7) is 4.74. The quantitative estimate of drug-likeness (QED) is 0.455. The number of nitrogens with two attached hydrogens (primary N) is 1. The molecule has 0 spiro atoms. The number of ether oxygens (including phenoxy) is 1. The molecule has 3 aromatic rings. The molecule has 0 aromatic carbocycles. The van der Waals surface area contributed by atoms with Gasteiger partial charge < -0.3 is 15.0 Å². The van der Waals surface area contributed by atoms with Crippen LogP contribution in [-0.2, 0) is 17.0 Å². The maximum absolute atomic E-state index is 12.2. The summed E-state index contributed by atoms with van der Waals surface area (Å²) in [7, 11) is 0. The van der Waals surface area contributed by atoms with Crippen LogP contribution in [0.15, 0.2) is 22.7 Å². The first-order valence-corrected chi connectivity index (χ1v) is 10.9. The molecular formula is C17H17N5O2S3. The summed E-state index contributed by atoms with van der Waals surface area (Å²) >= 11 is 4.11. The molecule has 0 radical (unpaired) electrons. The predicted molar refractivity (Wildman–Crippen MR) is 108 cm³/mol. The van der Waals surface area contributed by atoms with Gasteiger partial charge in [-0.1, -0.05) is 17.8 Å². The van der Waals surface area contributed by atoms with Crippen LogP contribution in [0.1, 0.15) is 34.6 Å². The highest BCUT2D eigenvalue weighted by atomic mass is 32.2. The van der Waals surface area contributed by atoms with Gasteiger partial charge in [-0.25, -0.2) is 4.79 Å². The average Bonchev–Trinajstić information content (AvgIpc) is 3.37. The van der Waals surface area contributed by atoms with Crippen molar-refractivity contribution in [1.29, 1.82) is 5.26 Å². The van der Waals surface area contributed by atoms with E-state index in [1.54, 1.807) is 18.3 Å². The Balaban J connectivity index is 1.89. The summed E-state index contributed by atoms with van der Waals surface area (Å²) in [5.74, 6) is 0.737. The maximum Gasteiger partial charge on any atom is 0.348 e. The van der Waals surface area contributed by atoms with Gasteiger partial charge in [0.15, 0.2) is 11.0 Å². The number of carbonyl (C=O) groups is 1. The number of thioether (sulfide) groups is 1. The van der Waals surface area contributed by atoms with Gasteiger partial charge in [0.2, 0.25) is 0 Å². The number of nitrogens with zero attached hydrogens (tertiary/aromatic N) is 4. The first-order valence-electron chi connectivity index (χ1n) is 8.18. The van der Waals surface area contributed by atoms with Crippen molar-refractivity contribution in [3.05, 3.63) is 33.5 Å². The van der Waals surface area contributed by atoms with Gasteiger partial charge >= 0.3 is 5.97 Å². The largest absolute Gasteiger partial charge is 0.462 e. The molecule has 10 heteroatoms. The van der Waals surface area contributed by atoms with Crippen LogP contribution >= 0.6 is 34.4 Å². The smallest absolute Gasteiger partial charge is 0.348 e. The van der Waals surface area contributed by atoms with Crippen LogP contribution in [0.3, 0.4) is 0 Å². The fourth-order valence-corrected chi connectivity index (χ4v) is 5.28. The van der Waals surface area contributed by atoms with Crippen LogP contribution < -0.4 is 5.73 Å². The van der Waals surface area contributed by atoms with Gasteiger partial charge in [-0.3, -0.25) is 0 Å². The average molecular weight is 420 g/mol. The van der Waals surface area contributed by atoms with Crippen molar-refractivity contribution in [1.82, 2.24) is 14.8 Å². The summed E-state index contributed by atoms with van der Waals surface area (Å²) in [6.07, 6.45) is 0. The van der Waals surface area contributed by atoms with Crippen molar-refractivity contribution >= 4 is 45.4 Å². The molecule has 3 aromatic heterocycles. The van der Waals surface area contributed by atoms with E-state index in [2.05, 4.69) is 16.3 Å². The third kappa shape index (κ3) is 3.85. The van der Waals surface area contributed by atoms with E-state index in [9.17, 15) is 10.1 Å². The second-order valence-electron chi connectivity index (χ2n) is 5.30. The summed E-state index contributed by atoms with van der Waals surface area (Å²) in [5, 5.41) is 21.1.